The molecule has 3 atom stereocenters. The lowest BCUT2D eigenvalue weighted by Gasteiger charge is -2.29. The summed E-state index contributed by atoms with van der Waals surface area (Å²) in [6.07, 6.45) is 15.1. The summed E-state index contributed by atoms with van der Waals surface area (Å²) in [7, 11) is 0. The summed E-state index contributed by atoms with van der Waals surface area (Å²) < 4.78 is 2.44. The van der Waals surface area contributed by atoms with Crippen molar-refractivity contribution in [2.24, 2.45) is 0 Å². The fourth-order valence-electron chi connectivity index (χ4n) is 8.34. The van der Waals surface area contributed by atoms with Crippen molar-refractivity contribution in [1.82, 2.24) is 4.57 Å². The molecule has 0 fully saturated rings. The summed E-state index contributed by atoms with van der Waals surface area (Å²) in [4.78, 5) is 2.53. The van der Waals surface area contributed by atoms with Gasteiger partial charge in [-0.2, -0.15) is 0 Å². The van der Waals surface area contributed by atoms with Crippen LogP contribution >= 0.6 is 0 Å². The lowest BCUT2D eigenvalue weighted by molar-refractivity contribution is 0.745. The molecule has 2 nitrogen and oxygen atoms in total. The normalized spacial score (nSPS) is 19.1. The molecule has 228 valence electrons. The molecule has 6 aromatic carbocycles. The van der Waals surface area contributed by atoms with Gasteiger partial charge in [-0.1, -0.05) is 127 Å². The summed E-state index contributed by atoms with van der Waals surface area (Å²) in [6, 6.07) is 51.7. The first-order chi connectivity index (χ1) is 23.8. The minimum absolute atomic E-state index is 0.260. The van der Waals surface area contributed by atoms with Gasteiger partial charge in [0.1, 0.15) is 0 Å². The number of benzene rings is 6. The summed E-state index contributed by atoms with van der Waals surface area (Å²) in [5, 5.41) is 6.48. The van der Waals surface area contributed by atoms with Crippen LogP contribution in [0.5, 0.6) is 0 Å². The van der Waals surface area contributed by atoms with E-state index in [1.165, 1.54) is 71.6 Å². The zero-order valence-corrected chi connectivity index (χ0v) is 26.6. The van der Waals surface area contributed by atoms with Gasteiger partial charge in [0.05, 0.1) is 11.6 Å². The summed E-state index contributed by atoms with van der Waals surface area (Å²) in [5.74, 6) is 0.669. The van der Waals surface area contributed by atoms with Gasteiger partial charge in [0.15, 0.2) is 0 Å². The highest BCUT2D eigenvalue weighted by Crippen LogP contribution is 2.49. The summed E-state index contributed by atoms with van der Waals surface area (Å²) in [5.41, 5.74) is 10.3. The van der Waals surface area contributed by atoms with Crippen molar-refractivity contribution in [2.75, 3.05) is 4.90 Å². The average Bonchev–Trinajstić information content (AvgIpc) is 3.67. The van der Waals surface area contributed by atoms with Crippen LogP contribution in [-0.2, 0) is 0 Å². The molecule has 0 bridgehead atoms. The van der Waals surface area contributed by atoms with Crippen molar-refractivity contribution >= 4 is 45.2 Å². The molecular formula is C46H34N2. The SMILES string of the molecule is C1=CC2c3cc(-c4ccc5c(c4)c4c(n5-c5ccccc5)=CCC(c5ccccc5)C=4)ccc3N(c3ccc4ccccc4c3)C2C=C1. The van der Waals surface area contributed by atoms with Gasteiger partial charge in [0.2, 0.25) is 0 Å². The van der Waals surface area contributed by atoms with Crippen LogP contribution in [0.25, 0.3) is 50.6 Å². The molecule has 0 radical (unpaired) electrons. The van der Waals surface area contributed by atoms with Crippen LogP contribution in [0.1, 0.15) is 29.4 Å². The zero-order chi connectivity index (χ0) is 31.6. The second-order valence-corrected chi connectivity index (χ2v) is 13.3. The van der Waals surface area contributed by atoms with E-state index in [-0.39, 0.29) is 6.04 Å². The number of hydrogen-bond acceptors (Lipinski definition) is 1. The highest BCUT2D eigenvalue weighted by Gasteiger charge is 2.37. The number of fused-ring (bicyclic) bond motifs is 7. The third-order valence-corrected chi connectivity index (χ3v) is 10.6. The van der Waals surface area contributed by atoms with Crippen LogP contribution in [0.4, 0.5) is 11.4 Å². The molecule has 2 aliphatic carbocycles. The molecule has 0 saturated heterocycles. The molecule has 10 rings (SSSR count). The monoisotopic (exact) mass is 614 g/mol. The zero-order valence-electron chi connectivity index (χ0n) is 26.6. The number of para-hydroxylation sites is 1. The highest BCUT2D eigenvalue weighted by molar-refractivity contribution is 5.91. The Bertz CT molecular complexity index is 2550. The van der Waals surface area contributed by atoms with Crippen molar-refractivity contribution in [3.05, 3.63) is 186 Å². The lowest BCUT2D eigenvalue weighted by atomic mass is 9.89. The Kier molecular flexibility index (Phi) is 6.17. The van der Waals surface area contributed by atoms with E-state index in [2.05, 4.69) is 185 Å². The number of nitrogens with zero attached hydrogens (tertiary/aromatic N) is 2. The second-order valence-electron chi connectivity index (χ2n) is 13.3. The Morgan fingerprint density at radius 1 is 0.583 bits per heavy atom. The van der Waals surface area contributed by atoms with E-state index < -0.39 is 0 Å². The van der Waals surface area contributed by atoms with Crippen LogP contribution in [0.2, 0.25) is 0 Å². The number of rotatable bonds is 4. The standard InChI is InChI=1S/C46H34N2/c1-3-11-31(12-4-1)34-20-24-45-41(28-34)42-30-36(22-26-46(42)47(45)37-15-5-2-6-16-37)35-21-25-44-40(29-35)39-17-9-10-18-43(39)48(44)38-23-19-32-13-7-8-14-33(32)27-38/h1-19,21-30,34,39,43H,20H2. The lowest BCUT2D eigenvalue weighted by Crippen LogP contribution is -2.31. The average molecular weight is 615 g/mol. The van der Waals surface area contributed by atoms with E-state index in [1.54, 1.807) is 0 Å². The van der Waals surface area contributed by atoms with Crippen molar-refractivity contribution in [2.45, 2.75) is 24.3 Å². The molecule has 3 aliphatic rings. The van der Waals surface area contributed by atoms with Gasteiger partial charge in [0, 0.05) is 44.9 Å². The van der Waals surface area contributed by atoms with Crippen molar-refractivity contribution in [1.29, 1.82) is 0 Å². The fourth-order valence-corrected chi connectivity index (χ4v) is 8.34. The molecule has 3 unspecified atom stereocenters. The predicted molar refractivity (Wildman–Crippen MR) is 202 cm³/mol. The van der Waals surface area contributed by atoms with Gasteiger partial charge in [-0.25, -0.2) is 0 Å². The largest absolute Gasteiger partial charge is 0.333 e. The predicted octanol–water partition coefficient (Wildman–Crippen LogP) is 9.93. The minimum atomic E-state index is 0.260. The molecular weight excluding hydrogens is 581 g/mol. The topological polar surface area (TPSA) is 8.17 Å². The number of hydrogen-bond donors (Lipinski definition) is 0. The Hall–Kier alpha value is -5.86. The third-order valence-electron chi connectivity index (χ3n) is 10.6. The van der Waals surface area contributed by atoms with Crippen LogP contribution in [0.3, 0.4) is 0 Å². The maximum atomic E-state index is 2.53. The molecule has 7 aromatic rings. The fraction of sp³-hybridized carbons (Fsp3) is 0.0870. The first-order valence-electron chi connectivity index (χ1n) is 17.0. The minimum Gasteiger partial charge on any atom is -0.333 e. The van der Waals surface area contributed by atoms with Gasteiger partial charge < -0.3 is 9.47 Å². The maximum absolute atomic E-state index is 2.53. The van der Waals surface area contributed by atoms with E-state index in [9.17, 15) is 0 Å². The summed E-state index contributed by atoms with van der Waals surface area (Å²) >= 11 is 0. The van der Waals surface area contributed by atoms with Gasteiger partial charge in [-0.15, -0.1) is 0 Å². The Morgan fingerprint density at radius 3 is 2.21 bits per heavy atom. The number of anilines is 2. The Morgan fingerprint density at radius 2 is 1.33 bits per heavy atom. The summed E-state index contributed by atoms with van der Waals surface area (Å²) in [6.45, 7) is 0. The molecule has 0 amide bonds. The number of allylic oxidation sites excluding steroid dienone is 2. The van der Waals surface area contributed by atoms with E-state index in [4.69, 9.17) is 0 Å². The van der Waals surface area contributed by atoms with Crippen molar-refractivity contribution < 1.29 is 0 Å². The quantitative estimate of drug-likeness (QED) is 0.192. The molecule has 0 saturated carbocycles. The van der Waals surface area contributed by atoms with E-state index in [0.29, 0.717) is 11.8 Å². The van der Waals surface area contributed by atoms with Crippen LogP contribution in [0, 0.1) is 0 Å². The molecule has 2 heterocycles. The van der Waals surface area contributed by atoms with E-state index in [1.807, 2.05) is 0 Å². The van der Waals surface area contributed by atoms with Crippen LogP contribution in [-0.4, -0.2) is 10.6 Å². The van der Waals surface area contributed by atoms with Crippen LogP contribution in [0.15, 0.2) is 164 Å². The van der Waals surface area contributed by atoms with Gasteiger partial charge in [-0.3, -0.25) is 0 Å². The Balaban J connectivity index is 1.12. The molecule has 48 heavy (non-hydrogen) atoms. The van der Waals surface area contributed by atoms with E-state index >= 15 is 0 Å². The molecule has 0 spiro atoms. The second kappa shape index (κ2) is 10.9. The van der Waals surface area contributed by atoms with Crippen LogP contribution < -0.4 is 15.5 Å². The first-order valence-corrected chi connectivity index (χ1v) is 17.0. The maximum Gasteiger partial charge on any atom is 0.0629 e. The van der Waals surface area contributed by atoms with Gasteiger partial charge in [0.25, 0.3) is 0 Å². The number of aromatic nitrogens is 1. The van der Waals surface area contributed by atoms with Crippen molar-refractivity contribution in [3.63, 3.8) is 0 Å². The van der Waals surface area contributed by atoms with Gasteiger partial charge in [-0.05, 0) is 88.0 Å². The smallest absolute Gasteiger partial charge is 0.0629 e. The molecule has 1 aromatic heterocycles. The first kappa shape index (κ1) is 27.3. The molecule has 0 N–H and O–H groups in total. The van der Waals surface area contributed by atoms with Crippen molar-refractivity contribution in [3.8, 4) is 16.8 Å². The highest BCUT2D eigenvalue weighted by atomic mass is 15.2. The molecule has 1 aliphatic heterocycles. The molecule has 2 heteroatoms. The van der Waals surface area contributed by atoms with Gasteiger partial charge >= 0.3 is 0 Å². The Labute approximate surface area is 280 Å². The van der Waals surface area contributed by atoms with E-state index in [0.717, 1.165) is 6.42 Å². The third kappa shape index (κ3) is 4.26.